The van der Waals surface area contributed by atoms with Gasteiger partial charge in [0.05, 0.1) is 11.6 Å². The quantitative estimate of drug-likeness (QED) is 0.399. The van der Waals surface area contributed by atoms with E-state index in [9.17, 15) is 19.1 Å². The van der Waals surface area contributed by atoms with Gasteiger partial charge in [0, 0.05) is 23.6 Å². The molecule has 0 spiro atoms. The molecule has 0 aliphatic carbocycles. The molecule has 0 radical (unpaired) electrons. The molecule has 1 amide bonds. The van der Waals surface area contributed by atoms with E-state index in [2.05, 4.69) is 4.98 Å². The van der Waals surface area contributed by atoms with Gasteiger partial charge in [0.1, 0.15) is 11.6 Å². The van der Waals surface area contributed by atoms with Crippen molar-refractivity contribution in [3.63, 3.8) is 0 Å². The van der Waals surface area contributed by atoms with Crippen molar-refractivity contribution in [3.8, 4) is 0 Å². The molecule has 6 heteroatoms. The molecule has 0 saturated carbocycles. The van der Waals surface area contributed by atoms with Gasteiger partial charge in [0.2, 0.25) is 0 Å². The molecule has 1 unspecified atom stereocenters. The molecule has 3 aromatic rings. The molecule has 5 nitrogen and oxygen atoms in total. The summed E-state index contributed by atoms with van der Waals surface area (Å²) in [5, 5.41) is 11.0. The Labute approximate surface area is 173 Å². The molecule has 2 heterocycles. The van der Waals surface area contributed by atoms with E-state index in [1.165, 1.54) is 29.2 Å². The first-order valence-electron chi connectivity index (χ1n) is 9.43. The fraction of sp³-hybridized carbons (Fsp3) is 0.125. The number of benzene rings is 2. The van der Waals surface area contributed by atoms with Crippen molar-refractivity contribution < 1.29 is 19.1 Å². The normalized spacial score (nSPS) is 18.1. The van der Waals surface area contributed by atoms with Gasteiger partial charge < -0.3 is 5.11 Å². The molecule has 1 atom stereocenters. The van der Waals surface area contributed by atoms with E-state index in [0.29, 0.717) is 11.3 Å². The van der Waals surface area contributed by atoms with Crippen LogP contribution >= 0.6 is 0 Å². The van der Waals surface area contributed by atoms with E-state index >= 15 is 0 Å². The number of anilines is 1. The number of carbonyl (C=O) groups excluding carboxylic acids is 2. The van der Waals surface area contributed by atoms with Gasteiger partial charge in [-0.05, 0) is 73.0 Å². The Morgan fingerprint density at radius 3 is 2.33 bits per heavy atom. The number of carbonyl (C=O) groups is 2. The Balaban J connectivity index is 1.97. The Kier molecular flexibility index (Phi) is 4.91. The minimum absolute atomic E-state index is 0.0429. The average molecular weight is 402 g/mol. The van der Waals surface area contributed by atoms with Crippen LogP contribution < -0.4 is 4.90 Å². The van der Waals surface area contributed by atoms with Crippen LogP contribution in [0, 0.1) is 19.7 Å². The predicted molar refractivity (Wildman–Crippen MR) is 111 cm³/mol. The molecule has 1 aliphatic heterocycles. The number of pyridine rings is 1. The number of hydrogen-bond acceptors (Lipinski definition) is 4. The Hall–Kier alpha value is -3.80. The van der Waals surface area contributed by atoms with Crippen LogP contribution in [-0.2, 0) is 9.59 Å². The number of rotatable bonds is 3. The second-order valence-corrected chi connectivity index (χ2v) is 7.18. The molecule has 1 N–H and O–H groups in total. The third-order valence-electron chi connectivity index (χ3n) is 5.42. The highest BCUT2D eigenvalue weighted by Gasteiger charge is 2.47. The van der Waals surface area contributed by atoms with Crippen molar-refractivity contribution in [1.29, 1.82) is 0 Å². The van der Waals surface area contributed by atoms with Gasteiger partial charge in [-0.25, -0.2) is 4.39 Å². The Bertz CT molecular complexity index is 1170. The second kappa shape index (κ2) is 7.55. The molecule has 150 valence electrons. The van der Waals surface area contributed by atoms with Crippen LogP contribution in [-0.4, -0.2) is 21.8 Å². The van der Waals surface area contributed by atoms with Crippen LogP contribution in [0.3, 0.4) is 0 Å². The second-order valence-electron chi connectivity index (χ2n) is 7.18. The third-order valence-corrected chi connectivity index (χ3v) is 5.42. The van der Waals surface area contributed by atoms with Crippen LogP contribution in [0.25, 0.3) is 5.76 Å². The first-order chi connectivity index (χ1) is 14.4. The fourth-order valence-corrected chi connectivity index (χ4v) is 3.70. The van der Waals surface area contributed by atoms with Gasteiger partial charge in [0.25, 0.3) is 11.7 Å². The van der Waals surface area contributed by atoms with Gasteiger partial charge >= 0.3 is 0 Å². The number of aliphatic hydroxyl groups excluding tert-OH is 1. The largest absolute Gasteiger partial charge is 0.507 e. The zero-order chi connectivity index (χ0) is 21.4. The highest BCUT2D eigenvalue weighted by atomic mass is 19.1. The third kappa shape index (κ3) is 3.16. The summed E-state index contributed by atoms with van der Waals surface area (Å²) in [7, 11) is 0. The van der Waals surface area contributed by atoms with Gasteiger partial charge in [-0.2, -0.15) is 0 Å². The molecule has 4 rings (SSSR count). The number of hydrogen-bond donors (Lipinski definition) is 1. The molecule has 1 fully saturated rings. The smallest absolute Gasteiger partial charge is 0.300 e. The number of ketones is 1. The topological polar surface area (TPSA) is 70.5 Å². The number of amides is 1. The van der Waals surface area contributed by atoms with Crippen LogP contribution in [0.1, 0.15) is 28.3 Å². The molecular weight excluding hydrogens is 383 g/mol. The highest BCUT2D eigenvalue weighted by Crippen LogP contribution is 2.43. The first kappa shape index (κ1) is 19.5. The van der Waals surface area contributed by atoms with E-state index in [1.807, 2.05) is 26.0 Å². The van der Waals surface area contributed by atoms with E-state index in [-0.39, 0.29) is 16.9 Å². The molecule has 1 saturated heterocycles. The van der Waals surface area contributed by atoms with Crippen molar-refractivity contribution in [1.82, 2.24) is 4.98 Å². The fourth-order valence-electron chi connectivity index (χ4n) is 3.70. The lowest BCUT2D eigenvalue weighted by atomic mass is 9.95. The minimum Gasteiger partial charge on any atom is -0.507 e. The number of Topliss-reactive ketones (excluding diaryl/α,β-unsaturated/α-hetero) is 1. The van der Waals surface area contributed by atoms with Crippen LogP contribution in [0.2, 0.25) is 0 Å². The zero-order valence-corrected chi connectivity index (χ0v) is 16.5. The summed E-state index contributed by atoms with van der Waals surface area (Å²) in [6.07, 6.45) is 3.13. The number of nitrogens with zero attached hydrogens (tertiary/aromatic N) is 2. The SMILES string of the molecule is Cc1cccc(N2C(=O)C(=O)/C(=C(/O)c3ccc(F)cc3)C2c2ccncc2)c1C. The van der Waals surface area contributed by atoms with Crippen LogP contribution in [0.5, 0.6) is 0 Å². The lowest BCUT2D eigenvalue weighted by Crippen LogP contribution is -2.30. The maximum atomic E-state index is 13.3. The summed E-state index contributed by atoms with van der Waals surface area (Å²) < 4.78 is 13.3. The number of aliphatic hydroxyl groups is 1. The van der Waals surface area contributed by atoms with E-state index < -0.39 is 23.5 Å². The van der Waals surface area contributed by atoms with E-state index in [4.69, 9.17) is 0 Å². The predicted octanol–water partition coefficient (Wildman–Crippen LogP) is 4.46. The zero-order valence-electron chi connectivity index (χ0n) is 16.5. The van der Waals surface area contributed by atoms with Gasteiger partial charge in [0.15, 0.2) is 0 Å². The molecule has 1 aromatic heterocycles. The summed E-state index contributed by atoms with van der Waals surface area (Å²) in [5.41, 5.74) is 3.28. The van der Waals surface area contributed by atoms with E-state index in [1.54, 1.807) is 30.6 Å². The lowest BCUT2D eigenvalue weighted by Gasteiger charge is -2.27. The van der Waals surface area contributed by atoms with Crippen molar-refractivity contribution in [2.45, 2.75) is 19.9 Å². The number of halogens is 1. The van der Waals surface area contributed by atoms with Crippen molar-refractivity contribution in [3.05, 3.63) is 101 Å². The minimum atomic E-state index is -0.835. The highest BCUT2D eigenvalue weighted by molar-refractivity contribution is 6.51. The van der Waals surface area contributed by atoms with E-state index in [0.717, 1.165) is 11.1 Å². The molecule has 1 aliphatic rings. The molecule has 30 heavy (non-hydrogen) atoms. The summed E-state index contributed by atoms with van der Waals surface area (Å²) in [4.78, 5) is 31.6. The summed E-state index contributed by atoms with van der Waals surface area (Å²) >= 11 is 0. The maximum Gasteiger partial charge on any atom is 0.300 e. The summed E-state index contributed by atoms with van der Waals surface area (Å²) in [6.45, 7) is 3.81. The number of aryl methyl sites for hydroxylation is 1. The van der Waals surface area contributed by atoms with Gasteiger partial charge in [-0.15, -0.1) is 0 Å². The maximum absolute atomic E-state index is 13.3. The number of aromatic nitrogens is 1. The van der Waals surface area contributed by atoms with Crippen LogP contribution in [0.4, 0.5) is 10.1 Å². The lowest BCUT2D eigenvalue weighted by molar-refractivity contribution is -0.132. The van der Waals surface area contributed by atoms with Crippen molar-refractivity contribution >= 4 is 23.1 Å². The van der Waals surface area contributed by atoms with Crippen molar-refractivity contribution in [2.75, 3.05) is 4.90 Å². The van der Waals surface area contributed by atoms with Gasteiger partial charge in [-0.3, -0.25) is 19.5 Å². The monoisotopic (exact) mass is 402 g/mol. The standard InChI is InChI=1S/C24H19FN2O3/c1-14-4-3-5-19(15(14)2)27-21(16-10-12-26-13-11-16)20(23(29)24(27)30)22(28)17-6-8-18(25)9-7-17/h3-13,21,28H,1-2H3/b22-20+. The molecule has 0 bridgehead atoms. The summed E-state index contributed by atoms with van der Waals surface area (Å²) in [6, 6.07) is 13.2. The van der Waals surface area contributed by atoms with Gasteiger partial charge in [-0.1, -0.05) is 12.1 Å². The Morgan fingerprint density at radius 2 is 1.67 bits per heavy atom. The van der Waals surface area contributed by atoms with Crippen molar-refractivity contribution in [2.24, 2.45) is 0 Å². The van der Waals surface area contributed by atoms with Crippen LogP contribution in [0.15, 0.2) is 72.6 Å². The Morgan fingerprint density at radius 1 is 1.00 bits per heavy atom. The molecule has 2 aromatic carbocycles. The average Bonchev–Trinajstić information content (AvgIpc) is 3.01. The summed E-state index contributed by atoms with van der Waals surface area (Å²) in [5.74, 6) is -2.33. The first-order valence-corrected chi connectivity index (χ1v) is 9.43. The molecular formula is C24H19FN2O3.